The lowest BCUT2D eigenvalue weighted by Crippen LogP contribution is -2.13. The summed E-state index contributed by atoms with van der Waals surface area (Å²) in [5.74, 6) is -0.526. The number of esters is 1. The number of halogens is 1. The summed E-state index contributed by atoms with van der Waals surface area (Å²) in [6.07, 6.45) is -0.155. The minimum atomic E-state index is -0.365. The number of hydrogen-bond donors (Lipinski definition) is 1. The van der Waals surface area contributed by atoms with Crippen molar-refractivity contribution in [3.63, 3.8) is 0 Å². The quantitative estimate of drug-likeness (QED) is 0.603. The van der Waals surface area contributed by atoms with Crippen LogP contribution in [0.3, 0.4) is 0 Å². The van der Waals surface area contributed by atoms with E-state index in [-0.39, 0.29) is 18.0 Å². The number of anilines is 1. The third-order valence-corrected chi connectivity index (χ3v) is 4.34. The zero-order chi connectivity index (χ0) is 15.4. The maximum atomic E-state index is 12.0. The molecular weight excluding hydrogens is 401 g/mol. The fraction of sp³-hybridized carbons (Fsp3) is 0.200. The number of rotatable bonds is 4. The SMILES string of the molecule is CC(C)OC(=O)c1ccc(NC(=O)c2csc(I)c2)cc1. The first-order chi connectivity index (χ1) is 9.95. The van der Waals surface area contributed by atoms with Gasteiger partial charge >= 0.3 is 5.97 Å². The van der Waals surface area contributed by atoms with Crippen molar-refractivity contribution < 1.29 is 14.3 Å². The summed E-state index contributed by atoms with van der Waals surface area (Å²) < 4.78 is 6.16. The van der Waals surface area contributed by atoms with E-state index in [0.717, 1.165) is 2.88 Å². The highest BCUT2D eigenvalue weighted by atomic mass is 127. The second-order valence-corrected chi connectivity index (χ2v) is 7.43. The molecule has 2 rings (SSSR count). The van der Waals surface area contributed by atoms with Crippen LogP contribution in [0.5, 0.6) is 0 Å². The highest BCUT2D eigenvalue weighted by molar-refractivity contribution is 14.1. The molecule has 0 spiro atoms. The molecule has 0 unspecified atom stereocenters. The fourth-order valence-corrected chi connectivity index (χ4v) is 2.93. The second-order valence-electron chi connectivity index (χ2n) is 4.63. The highest BCUT2D eigenvalue weighted by Crippen LogP contribution is 2.18. The smallest absolute Gasteiger partial charge is 0.338 e. The Bertz CT molecular complexity index is 649. The van der Waals surface area contributed by atoms with E-state index in [2.05, 4.69) is 27.9 Å². The summed E-state index contributed by atoms with van der Waals surface area (Å²) in [5.41, 5.74) is 1.74. The molecule has 0 atom stereocenters. The van der Waals surface area contributed by atoms with Gasteiger partial charge in [0.2, 0.25) is 0 Å². The first kappa shape index (κ1) is 16.0. The minimum Gasteiger partial charge on any atom is -0.459 e. The van der Waals surface area contributed by atoms with Crippen LogP contribution < -0.4 is 5.32 Å². The molecule has 6 heteroatoms. The van der Waals surface area contributed by atoms with E-state index < -0.39 is 0 Å². The molecule has 1 aromatic carbocycles. The van der Waals surface area contributed by atoms with Crippen molar-refractivity contribution in [3.8, 4) is 0 Å². The first-order valence-corrected chi connectivity index (χ1v) is 8.28. The lowest BCUT2D eigenvalue weighted by Gasteiger charge is -2.08. The molecule has 4 nitrogen and oxygen atoms in total. The number of amides is 1. The third kappa shape index (κ3) is 4.53. The van der Waals surface area contributed by atoms with Gasteiger partial charge in [0.25, 0.3) is 5.91 Å². The Balaban J connectivity index is 2.02. The van der Waals surface area contributed by atoms with Crippen LogP contribution in [0.25, 0.3) is 0 Å². The number of benzene rings is 1. The maximum Gasteiger partial charge on any atom is 0.338 e. The lowest BCUT2D eigenvalue weighted by atomic mass is 10.2. The molecule has 2 aromatic rings. The number of ether oxygens (including phenoxy) is 1. The highest BCUT2D eigenvalue weighted by Gasteiger charge is 2.11. The van der Waals surface area contributed by atoms with Crippen LogP contribution in [0.1, 0.15) is 34.6 Å². The Morgan fingerprint density at radius 2 is 1.86 bits per heavy atom. The normalized spacial score (nSPS) is 10.5. The molecule has 1 amide bonds. The second kappa shape index (κ2) is 7.04. The molecule has 0 aliphatic rings. The number of carbonyl (C=O) groups excluding carboxylic acids is 2. The zero-order valence-electron chi connectivity index (χ0n) is 11.6. The van der Waals surface area contributed by atoms with Gasteiger partial charge in [-0.15, -0.1) is 11.3 Å². The monoisotopic (exact) mass is 415 g/mol. The molecule has 1 aromatic heterocycles. The van der Waals surface area contributed by atoms with Crippen LogP contribution in [0.2, 0.25) is 0 Å². The Morgan fingerprint density at radius 3 is 2.38 bits per heavy atom. The topological polar surface area (TPSA) is 55.4 Å². The summed E-state index contributed by atoms with van der Waals surface area (Å²) in [6, 6.07) is 8.47. The van der Waals surface area contributed by atoms with Crippen LogP contribution in [0.15, 0.2) is 35.7 Å². The Kier molecular flexibility index (Phi) is 5.35. The summed E-state index contributed by atoms with van der Waals surface area (Å²) in [7, 11) is 0. The van der Waals surface area contributed by atoms with Gasteiger partial charge in [0.15, 0.2) is 0 Å². The van der Waals surface area contributed by atoms with E-state index >= 15 is 0 Å². The fourth-order valence-electron chi connectivity index (χ4n) is 1.60. The maximum absolute atomic E-state index is 12.0. The van der Waals surface area contributed by atoms with Gasteiger partial charge in [-0.05, 0) is 66.8 Å². The van der Waals surface area contributed by atoms with E-state index in [1.807, 2.05) is 11.4 Å². The van der Waals surface area contributed by atoms with Crippen molar-refractivity contribution >= 4 is 51.5 Å². The van der Waals surface area contributed by atoms with Crippen molar-refractivity contribution in [1.29, 1.82) is 0 Å². The van der Waals surface area contributed by atoms with Crippen LogP contribution in [-0.4, -0.2) is 18.0 Å². The van der Waals surface area contributed by atoms with Crippen molar-refractivity contribution in [2.75, 3.05) is 5.32 Å². The molecule has 0 aliphatic carbocycles. The summed E-state index contributed by atoms with van der Waals surface area (Å²) in [4.78, 5) is 23.7. The van der Waals surface area contributed by atoms with Gasteiger partial charge < -0.3 is 10.1 Å². The summed E-state index contributed by atoms with van der Waals surface area (Å²) in [6.45, 7) is 3.60. The van der Waals surface area contributed by atoms with E-state index in [1.165, 1.54) is 11.3 Å². The Morgan fingerprint density at radius 1 is 1.19 bits per heavy atom. The molecule has 0 bridgehead atoms. The largest absolute Gasteiger partial charge is 0.459 e. The van der Waals surface area contributed by atoms with Gasteiger partial charge in [-0.1, -0.05) is 0 Å². The van der Waals surface area contributed by atoms with Gasteiger partial charge in [-0.2, -0.15) is 0 Å². The average Bonchev–Trinajstić information content (AvgIpc) is 2.85. The van der Waals surface area contributed by atoms with Gasteiger partial charge in [0.1, 0.15) is 0 Å². The molecule has 0 saturated carbocycles. The number of carbonyl (C=O) groups is 2. The van der Waals surface area contributed by atoms with Crippen molar-refractivity contribution in [1.82, 2.24) is 0 Å². The number of hydrogen-bond acceptors (Lipinski definition) is 4. The summed E-state index contributed by atoms with van der Waals surface area (Å²) >= 11 is 3.69. The molecule has 1 N–H and O–H groups in total. The average molecular weight is 415 g/mol. The molecule has 21 heavy (non-hydrogen) atoms. The van der Waals surface area contributed by atoms with Crippen LogP contribution in [-0.2, 0) is 4.74 Å². The number of nitrogens with one attached hydrogen (secondary N) is 1. The number of thiophene rings is 1. The molecule has 110 valence electrons. The van der Waals surface area contributed by atoms with Crippen molar-refractivity contribution in [3.05, 3.63) is 49.7 Å². The van der Waals surface area contributed by atoms with Crippen LogP contribution >= 0.6 is 33.9 Å². The predicted octanol–water partition coefficient (Wildman–Crippen LogP) is 4.17. The van der Waals surface area contributed by atoms with Gasteiger partial charge in [0, 0.05) is 11.1 Å². The van der Waals surface area contributed by atoms with E-state index in [0.29, 0.717) is 16.8 Å². The van der Waals surface area contributed by atoms with Gasteiger partial charge in [-0.25, -0.2) is 4.79 Å². The zero-order valence-corrected chi connectivity index (χ0v) is 14.5. The van der Waals surface area contributed by atoms with E-state index in [9.17, 15) is 9.59 Å². The van der Waals surface area contributed by atoms with Crippen molar-refractivity contribution in [2.24, 2.45) is 0 Å². The van der Waals surface area contributed by atoms with Crippen molar-refractivity contribution in [2.45, 2.75) is 20.0 Å². The predicted molar refractivity (Wildman–Crippen MR) is 92.0 cm³/mol. The first-order valence-electron chi connectivity index (χ1n) is 6.32. The van der Waals surface area contributed by atoms with Gasteiger partial charge in [0.05, 0.1) is 20.1 Å². The third-order valence-electron chi connectivity index (χ3n) is 2.55. The van der Waals surface area contributed by atoms with Crippen LogP contribution in [0, 0.1) is 2.88 Å². The standard InChI is InChI=1S/C15H14INO3S/c1-9(2)20-15(19)10-3-5-12(6-4-10)17-14(18)11-7-13(16)21-8-11/h3-9H,1-2H3,(H,17,18). The Hall–Kier alpha value is -1.41. The van der Waals surface area contributed by atoms with E-state index in [4.69, 9.17) is 4.74 Å². The van der Waals surface area contributed by atoms with E-state index in [1.54, 1.807) is 38.1 Å². The molecule has 0 saturated heterocycles. The molecular formula is C15H14INO3S. The molecule has 0 aliphatic heterocycles. The van der Waals surface area contributed by atoms with Crippen LogP contribution in [0.4, 0.5) is 5.69 Å². The lowest BCUT2D eigenvalue weighted by molar-refractivity contribution is 0.0378. The molecule has 0 fully saturated rings. The van der Waals surface area contributed by atoms with Gasteiger partial charge in [-0.3, -0.25) is 4.79 Å². The summed E-state index contributed by atoms with van der Waals surface area (Å²) in [5, 5.41) is 4.60. The Labute approximate surface area is 140 Å². The molecule has 0 radical (unpaired) electrons. The minimum absolute atomic E-state index is 0.155. The molecule has 1 heterocycles.